The maximum absolute atomic E-state index is 6.41. The van der Waals surface area contributed by atoms with Gasteiger partial charge in [-0.3, -0.25) is 0 Å². The second-order valence-electron chi connectivity index (χ2n) is 13.3. The normalized spacial score (nSPS) is 13.8. The predicted octanol–water partition coefficient (Wildman–Crippen LogP) is 10.7. The van der Waals surface area contributed by atoms with E-state index in [0.717, 1.165) is 33.7 Å². The monoisotopic (exact) mass is 787 g/mol. The minimum atomic E-state index is -1.49. The van der Waals surface area contributed by atoms with Gasteiger partial charge in [-0.25, -0.2) is 0 Å². The quantitative estimate of drug-likeness (QED) is 0.129. The van der Waals surface area contributed by atoms with E-state index in [1.54, 1.807) is 0 Å². The molecule has 1 aliphatic rings. The smallest absolute Gasteiger partial charge is 0.120 e. The summed E-state index contributed by atoms with van der Waals surface area (Å²) in [7, 11) is -1.49. The SMILES string of the molecule is CC(C)c1ccc(-c2[c-]cccc2)nc1.C[Si](C)(C)c1cccc2oc3c(-c4cc(C5CCCCC5)ccn4)[c-]ccc3c12.[Ir]. The van der Waals surface area contributed by atoms with Crippen LogP contribution >= 0.6 is 0 Å². The summed E-state index contributed by atoms with van der Waals surface area (Å²) in [5.74, 6) is 1.20. The first-order valence-corrected chi connectivity index (χ1v) is 19.6. The number of furan rings is 1. The van der Waals surface area contributed by atoms with E-state index in [0.29, 0.717) is 11.8 Å². The van der Waals surface area contributed by atoms with Gasteiger partial charge in [0.25, 0.3) is 0 Å². The molecule has 3 nitrogen and oxygen atoms in total. The van der Waals surface area contributed by atoms with E-state index >= 15 is 0 Å². The molecule has 1 radical (unpaired) electrons. The van der Waals surface area contributed by atoms with Crippen LogP contribution in [0, 0.1) is 12.1 Å². The predicted molar refractivity (Wildman–Crippen MR) is 187 cm³/mol. The number of aromatic nitrogens is 2. The Labute approximate surface area is 282 Å². The molecule has 5 heteroatoms. The summed E-state index contributed by atoms with van der Waals surface area (Å²) in [5.41, 5.74) is 8.58. The standard InChI is InChI=1S/C26H28NOSi.C14H14N.Ir/c1-29(2,3)24-14-8-13-23-25(24)21-12-7-11-20(26(21)28-23)22-17-19(15-16-27-22)18-9-5-4-6-10-18;1-11(2)13-8-9-14(15-10-13)12-6-4-3-5-7-12;/h7-8,12-18H,4-6,9-10H2,1-3H3;3-6,8-11H,1-2H3;/q2*-1;. The third-order valence-electron chi connectivity index (χ3n) is 8.82. The van der Waals surface area contributed by atoms with E-state index in [-0.39, 0.29) is 20.1 Å². The van der Waals surface area contributed by atoms with Crippen molar-refractivity contribution in [3.63, 3.8) is 0 Å². The minimum Gasteiger partial charge on any atom is -0.501 e. The van der Waals surface area contributed by atoms with Crippen LogP contribution in [0.2, 0.25) is 19.6 Å². The molecule has 0 bridgehead atoms. The summed E-state index contributed by atoms with van der Waals surface area (Å²) in [4.78, 5) is 9.15. The first kappa shape index (κ1) is 33.0. The van der Waals surface area contributed by atoms with E-state index in [9.17, 15) is 0 Å². The summed E-state index contributed by atoms with van der Waals surface area (Å²) in [5, 5.41) is 3.92. The Balaban J connectivity index is 0.000000212. The Hall–Kier alpha value is -3.37. The molecule has 0 unspecified atom stereocenters. The van der Waals surface area contributed by atoms with Crippen molar-refractivity contribution in [2.24, 2.45) is 0 Å². The average molecular weight is 787 g/mol. The summed E-state index contributed by atoms with van der Waals surface area (Å²) in [6.45, 7) is 11.5. The minimum absolute atomic E-state index is 0. The van der Waals surface area contributed by atoms with Crippen molar-refractivity contribution in [3.8, 4) is 22.5 Å². The zero-order chi connectivity index (χ0) is 30.7. The molecule has 3 aromatic heterocycles. The van der Waals surface area contributed by atoms with Crippen LogP contribution in [-0.2, 0) is 20.1 Å². The third-order valence-corrected chi connectivity index (χ3v) is 10.9. The van der Waals surface area contributed by atoms with Crippen molar-refractivity contribution < 1.29 is 24.5 Å². The summed E-state index contributed by atoms with van der Waals surface area (Å²) >= 11 is 0. The molecule has 233 valence electrons. The van der Waals surface area contributed by atoms with Crippen LogP contribution < -0.4 is 5.19 Å². The number of hydrogen-bond donors (Lipinski definition) is 0. The van der Waals surface area contributed by atoms with E-state index < -0.39 is 8.07 Å². The molecule has 1 aliphatic carbocycles. The number of benzene rings is 3. The number of pyridine rings is 2. The molecule has 0 N–H and O–H groups in total. The third kappa shape index (κ3) is 7.38. The molecule has 0 aliphatic heterocycles. The van der Waals surface area contributed by atoms with E-state index in [4.69, 9.17) is 9.40 Å². The summed E-state index contributed by atoms with van der Waals surface area (Å²) < 4.78 is 6.41. The molecule has 6 aromatic rings. The van der Waals surface area contributed by atoms with Gasteiger partial charge in [-0.2, -0.15) is 0 Å². The zero-order valence-electron chi connectivity index (χ0n) is 27.0. The van der Waals surface area contributed by atoms with Crippen LogP contribution in [0.1, 0.15) is 68.9 Å². The second-order valence-corrected chi connectivity index (χ2v) is 18.4. The maximum atomic E-state index is 6.41. The van der Waals surface area contributed by atoms with Crippen molar-refractivity contribution in [1.82, 2.24) is 9.97 Å². The molecule has 45 heavy (non-hydrogen) atoms. The van der Waals surface area contributed by atoms with Gasteiger partial charge in [0.1, 0.15) is 5.58 Å². The van der Waals surface area contributed by atoms with Gasteiger partial charge in [-0.05, 0) is 53.8 Å². The van der Waals surface area contributed by atoms with Crippen LogP contribution in [0.3, 0.4) is 0 Å². The van der Waals surface area contributed by atoms with Gasteiger partial charge in [-0.1, -0.05) is 105 Å². The van der Waals surface area contributed by atoms with E-state index in [1.807, 2.05) is 42.7 Å². The fourth-order valence-electron chi connectivity index (χ4n) is 6.34. The van der Waals surface area contributed by atoms with Crippen LogP contribution in [-0.4, -0.2) is 18.0 Å². The van der Waals surface area contributed by atoms with Gasteiger partial charge in [0.05, 0.1) is 13.7 Å². The summed E-state index contributed by atoms with van der Waals surface area (Å²) in [6, 6.07) is 33.8. The Morgan fingerprint density at radius 3 is 2.33 bits per heavy atom. The van der Waals surface area contributed by atoms with Crippen molar-refractivity contribution in [2.45, 2.75) is 77.4 Å². The molecule has 0 amide bonds. The Morgan fingerprint density at radius 2 is 1.64 bits per heavy atom. The molecule has 3 heterocycles. The van der Waals surface area contributed by atoms with Crippen molar-refractivity contribution in [3.05, 3.63) is 115 Å². The molecule has 1 fully saturated rings. The van der Waals surface area contributed by atoms with Crippen LogP contribution in [0.25, 0.3) is 44.5 Å². The Kier molecular flexibility index (Phi) is 10.5. The summed E-state index contributed by atoms with van der Waals surface area (Å²) in [6.07, 6.45) is 10.5. The molecule has 7 rings (SSSR count). The van der Waals surface area contributed by atoms with Crippen molar-refractivity contribution in [2.75, 3.05) is 0 Å². The first-order chi connectivity index (χ1) is 21.3. The maximum Gasteiger partial charge on any atom is 0.120 e. The van der Waals surface area contributed by atoms with E-state index in [2.05, 4.69) is 99.1 Å². The molecule has 0 atom stereocenters. The van der Waals surface area contributed by atoms with E-state index in [1.165, 1.54) is 59.2 Å². The number of nitrogens with zero attached hydrogens (tertiary/aromatic N) is 2. The van der Waals surface area contributed by atoms with Crippen LogP contribution in [0.4, 0.5) is 0 Å². The average Bonchev–Trinajstić information content (AvgIpc) is 3.45. The number of rotatable bonds is 5. The van der Waals surface area contributed by atoms with Gasteiger partial charge in [0.15, 0.2) is 0 Å². The fraction of sp³-hybridized carbons (Fsp3) is 0.300. The van der Waals surface area contributed by atoms with Gasteiger partial charge >= 0.3 is 0 Å². The Morgan fingerprint density at radius 1 is 0.822 bits per heavy atom. The van der Waals surface area contributed by atoms with Gasteiger partial charge in [0.2, 0.25) is 0 Å². The topological polar surface area (TPSA) is 38.9 Å². The molecule has 3 aromatic carbocycles. The van der Waals surface area contributed by atoms with Crippen molar-refractivity contribution in [1.29, 1.82) is 0 Å². The zero-order valence-corrected chi connectivity index (χ0v) is 30.4. The molecule has 1 saturated carbocycles. The van der Waals surface area contributed by atoms with Crippen molar-refractivity contribution >= 4 is 35.2 Å². The van der Waals surface area contributed by atoms with Gasteiger partial charge in [-0.15, -0.1) is 54.1 Å². The number of hydrogen-bond acceptors (Lipinski definition) is 3. The molecule has 0 saturated heterocycles. The largest absolute Gasteiger partial charge is 0.501 e. The fourth-order valence-corrected chi connectivity index (χ4v) is 7.94. The molecular weight excluding hydrogens is 745 g/mol. The molecular formula is C40H42IrN2OSi-2. The van der Waals surface area contributed by atoms with Gasteiger partial charge in [0, 0.05) is 37.9 Å². The van der Waals surface area contributed by atoms with Crippen LogP contribution in [0.5, 0.6) is 0 Å². The second kappa shape index (κ2) is 14.4. The van der Waals surface area contributed by atoms with Crippen LogP contribution in [0.15, 0.2) is 95.7 Å². The number of fused-ring (bicyclic) bond motifs is 3. The van der Waals surface area contributed by atoms with Gasteiger partial charge < -0.3 is 14.4 Å². The first-order valence-electron chi connectivity index (χ1n) is 16.1. The molecule has 0 spiro atoms. The Bertz CT molecular complexity index is 1850.